The predicted octanol–water partition coefficient (Wildman–Crippen LogP) is 4.07. The summed E-state index contributed by atoms with van der Waals surface area (Å²) in [5, 5.41) is 0. The normalized spacial score (nSPS) is 11.7. The van der Waals surface area contributed by atoms with Crippen LogP contribution in [-0.4, -0.2) is 28.1 Å². The smallest absolute Gasteiger partial charge is 0.415 e. The van der Waals surface area contributed by atoms with E-state index >= 15 is 0 Å². The lowest BCUT2D eigenvalue weighted by Crippen LogP contribution is -2.35. The van der Waals surface area contributed by atoms with Gasteiger partial charge < -0.3 is 4.74 Å². The summed E-state index contributed by atoms with van der Waals surface area (Å²) < 4.78 is 8.86. The highest BCUT2D eigenvalue weighted by atomic mass is 127. The Hall–Kier alpha value is -0.830. The van der Waals surface area contributed by atoms with Gasteiger partial charge in [0.2, 0.25) is 0 Å². The van der Waals surface area contributed by atoms with Crippen molar-refractivity contribution in [3.8, 4) is 0 Å². The molecule has 0 aliphatic heterocycles. The third kappa shape index (κ3) is 3.08. The lowest BCUT2D eigenvalue weighted by Gasteiger charge is -2.24. The molecule has 2 aromatic rings. The number of nitrogens with zero attached hydrogens (tertiary/aromatic N) is 3. The first-order valence-corrected chi connectivity index (χ1v) is 7.86. The first-order chi connectivity index (χ1) is 9.20. The van der Waals surface area contributed by atoms with Gasteiger partial charge in [0.05, 0.1) is 4.47 Å². The number of pyridine rings is 1. The first kappa shape index (κ1) is 15.6. The van der Waals surface area contributed by atoms with Crippen molar-refractivity contribution in [2.75, 3.05) is 11.9 Å². The zero-order valence-corrected chi connectivity index (χ0v) is 15.4. The van der Waals surface area contributed by atoms with Gasteiger partial charge >= 0.3 is 6.09 Å². The number of hydrogen-bond donors (Lipinski definition) is 0. The van der Waals surface area contributed by atoms with Gasteiger partial charge in [0.25, 0.3) is 0 Å². The van der Waals surface area contributed by atoms with Gasteiger partial charge in [-0.3, -0.25) is 9.30 Å². The number of fused-ring (bicyclic) bond motifs is 1. The Morgan fingerprint density at radius 1 is 1.50 bits per heavy atom. The molecule has 20 heavy (non-hydrogen) atoms. The van der Waals surface area contributed by atoms with E-state index in [4.69, 9.17) is 4.74 Å². The lowest BCUT2D eigenvalue weighted by atomic mass is 10.2. The van der Waals surface area contributed by atoms with Crippen LogP contribution in [0.3, 0.4) is 0 Å². The second-order valence-electron chi connectivity index (χ2n) is 5.32. The van der Waals surface area contributed by atoms with Crippen LogP contribution in [0.25, 0.3) is 5.65 Å². The number of imidazole rings is 1. The monoisotopic (exact) mass is 451 g/mol. The van der Waals surface area contributed by atoms with Crippen LogP contribution < -0.4 is 4.90 Å². The van der Waals surface area contributed by atoms with E-state index in [1.807, 2.05) is 43.5 Å². The average Bonchev–Trinajstić information content (AvgIpc) is 2.64. The van der Waals surface area contributed by atoms with Crippen molar-refractivity contribution in [2.45, 2.75) is 26.4 Å². The summed E-state index contributed by atoms with van der Waals surface area (Å²) in [4.78, 5) is 18.1. The molecule has 0 unspecified atom stereocenters. The summed E-state index contributed by atoms with van der Waals surface area (Å²) in [6.45, 7) is 5.53. The van der Waals surface area contributed by atoms with Crippen molar-refractivity contribution < 1.29 is 9.53 Å². The van der Waals surface area contributed by atoms with E-state index < -0.39 is 11.7 Å². The fourth-order valence-electron chi connectivity index (χ4n) is 1.71. The Balaban J connectivity index is 2.45. The predicted molar refractivity (Wildman–Crippen MR) is 90.2 cm³/mol. The number of amides is 1. The Labute approximate surface area is 139 Å². The number of anilines is 1. The molecule has 7 heteroatoms. The van der Waals surface area contributed by atoms with Gasteiger partial charge in [-0.25, -0.2) is 9.78 Å². The number of carbonyl (C=O) groups excluding carboxylic acids is 1. The molecule has 0 radical (unpaired) electrons. The molecular weight excluding hydrogens is 437 g/mol. The van der Waals surface area contributed by atoms with Crippen LogP contribution in [0.2, 0.25) is 0 Å². The van der Waals surface area contributed by atoms with Gasteiger partial charge in [0, 0.05) is 13.2 Å². The molecule has 0 atom stereocenters. The molecular formula is C13H15BrIN3O2. The highest BCUT2D eigenvalue weighted by molar-refractivity contribution is 14.1. The van der Waals surface area contributed by atoms with Crippen LogP contribution in [-0.2, 0) is 4.74 Å². The molecule has 0 aromatic carbocycles. The molecule has 5 nitrogen and oxygen atoms in total. The van der Waals surface area contributed by atoms with Crippen LogP contribution in [0, 0.1) is 3.70 Å². The van der Waals surface area contributed by atoms with Crippen molar-refractivity contribution in [3.05, 3.63) is 26.5 Å². The molecule has 0 saturated carbocycles. The standard InChI is InChI=1S/C13H15BrIN3O2/c1-13(2,3)20-12(19)17(4)11-9(15)16-10-8(14)6-5-7-18(10)11/h5-7H,1-4H3. The zero-order chi connectivity index (χ0) is 15.1. The van der Waals surface area contributed by atoms with Gasteiger partial charge in [-0.2, -0.15) is 0 Å². The van der Waals surface area contributed by atoms with Gasteiger partial charge in [0.1, 0.15) is 9.30 Å². The van der Waals surface area contributed by atoms with Gasteiger partial charge in [0.15, 0.2) is 11.5 Å². The average molecular weight is 452 g/mol. The third-order valence-electron chi connectivity index (χ3n) is 2.52. The number of halogens is 2. The summed E-state index contributed by atoms with van der Waals surface area (Å²) in [7, 11) is 1.68. The van der Waals surface area contributed by atoms with E-state index in [1.54, 1.807) is 7.05 Å². The third-order valence-corrected chi connectivity index (χ3v) is 3.86. The Morgan fingerprint density at radius 2 is 2.15 bits per heavy atom. The number of carbonyl (C=O) groups is 1. The number of hydrogen-bond acceptors (Lipinski definition) is 3. The van der Waals surface area contributed by atoms with Crippen LogP contribution >= 0.6 is 38.5 Å². The topological polar surface area (TPSA) is 46.8 Å². The van der Waals surface area contributed by atoms with E-state index in [-0.39, 0.29) is 0 Å². The summed E-state index contributed by atoms with van der Waals surface area (Å²) in [6.07, 6.45) is 1.46. The van der Waals surface area contributed by atoms with E-state index in [0.29, 0.717) is 5.82 Å². The molecule has 0 fully saturated rings. The van der Waals surface area contributed by atoms with Crippen molar-refractivity contribution in [3.63, 3.8) is 0 Å². The maximum Gasteiger partial charge on any atom is 0.415 e. The fourth-order valence-corrected chi connectivity index (χ4v) is 2.99. The summed E-state index contributed by atoms with van der Waals surface area (Å²) in [5.74, 6) is 0.691. The summed E-state index contributed by atoms with van der Waals surface area (Å²) >= 11 is 5.57. The minimum absolute atomic E-state index is 0.405. The van der Waals surface area contributed by atoms with Crippen molar-refractivity contribution >= 4 is 56.1 Å². The van der Waals surface area contributed by atoms with E-state index in [9.17, 15) is 4.79 Å². The van der Waals surface area contributed by atoms with E-state index in [1.165, 1.54) is 4.90 Å². The first-order valence-electron chi connectivity index (χ1n) is 5.99. The number of aromatic nitrogens is 2. The van der Waals surface area contributed by atoms with Crippen molar-refractivity contribution in [1.29, 1.82) is 0 Å². The van der Waals surface area contributed by atoms with Crippen LogP contribution in [0.5, 0.6) is 0 Å². The van der Waals surface area contributed by atoms with Gasteiger partial charge in [-0.05, 0) is 71.4 Å². The highest BCUT2D eigenvalue weighted by Gasteiger charge is 2.25. The Bertz CT molecular complexity index is 663. The maximum atomic E-state index is 12.2. The number of ether oxygens (including phenoxy) is 1. The molecule has 108 valence electrons. The quantitative estimate of drug-likeness (QED) is 0.614. The molecule has 1 amide bonds. The molecule has 2 rings (SSSR count). The largest absolute Gasteiger partial charge is 0.443 e. The maximum absolute atomic E-state index is 12.2. The van der Waals surface area contributed by atoms with E-state index in [2.05, 4.69) is 43.5 Å². The molecule has 0 aliphatic carbocycles. The van der Waals surface area contributed by atoms with Crippen molar-refractivity contribution in [2.24, 2.45) is 0 Å². The molecule has 2 aromatic heterocycles. The molecule has 0 N–H and O–H groups in total. The molecule has 0 bridgehead atoms. The van der Waals surface area contributed by atoms with Gasteiger partial charge in [-0.15, -0.1) is 0 Å². The molecule has 2 heterocycles. The van der Waals surface area contributed by atoms with Gasteiger partial charge in [-0.1, -0.05) is 0 Å². The van der Waals surface area contributed by atoms with E-state index in [0.717, 1.165) is 13.8 Å². The van der Waals surface area contributed by atoms with Crippen LogP contribution in [0.15, 0.2) is 22.8 Å². The Kier molecular flexibility index (Phi) is 4.29. The zero-order valence-electron chi connectivity index (χ0n) is 11.6. The second kappa shape index (κ2) is 5.51. The Morgan fingerprint density at radius 3 is 2.75 bits per heavy atom. The summed E-state index contributed by atoms with van der Waals surface area (Å²) in [5.41, 5.74) is 0.236. The minimum Gasteiger partial charge on any atom is -0.443 e. The second-order valence-corrected chi connectivity index (χ2v) is 7.19. The highest BCUT2D eigenvalue weighted by Crippen LogP contribution is 2.28. The fraction of sp³-hybridized carbons (Fsp3) is 0.385. The molecule has 0 spiro atoms. The van der Waals surface area contributed by atoms with Crippen LogP contribution in [0.1, 0.15) is 20.8 Å². The SMILES string of the molecule is CN(C(=O)OC(C)(C)C)c1c(I)nc2c(Br)cccn12. The lowest BCUT2D eigenvalue weighted by molar-refractivity contribution is 0.0588. The minimum atomic E-state index is -0.530. The summed E-state index contributed by atoms with van der Waals surface area (Å²) in [6, 6.07) is 3.80. The van der Waals surface area contributed by atoms with Crippen molar-refractivity contribution in [1.82, 2.24) is 9.38 Å². The molecule has 0 saturated heterocycles. The van der Waals surface area contributed by atoms with Crippen LogP contribution in [0.4, 0.5) is 10.6 Å². The molecule has 0 aliphatic rings. The number of rotatable bonds is 1.